The van der Waals surface area contributed by atoms with Gasteiger partial charge in [-0.3, -0.25) is 4.52 Å². The van der Waals surface area contributed by atoms with E-state index in [9.17, 15) is 9.36 Å². The Morgan fingerprint density at radius 1 is 1.03 bits per heavy atom. The van der Waals surface area contributed by atoms with Crippen molar-refractivity contribution in [2.24, 2.45) is 0 Å². The van der Waals surface area contributed by atoms with Crippen LogP contribution in [0.5, 0.6) is 17.2 Å². The molecule has 188 valence electrons. The number of benzene rings is 3. The zero-order chi connectivity index (χ0) is 25.4. The van der Waals surface area contributed by atoms with Crippen LogP contribution in [-0.2, 0) is 15.7 Å². The molecule has 0 saturated heterocycles. The minimum atomic E-state index is -3.84. The molecule has 0 amide bonds. The lowest BCUT2D eigenvalue weighted by Gasteiger charge is -2.27. The molecule has 1 unspecified atom stereocenters. The van der Waals surface area contributed by atoms with Crippen LogP contribution in [0.4, 0.5) is 0 Å². The Hall–Kier alpha value is -2.77. The summed E-state index contributed by atoms with van der Waals surface area (Å²) in [5.41, 5.74) is 0.735. The van der Waals surface area contributed by atoms with Gasteiger partial charge in [0.1, 0.15) is 17.2 Å². The summed E-state index contributed by atoms with van der Waals surface area (Å²) in [5.74, 6) is 0.876. The fourth-order valence-corrected chi connectivity index (χ4v) is 5.24. The second-order valence-corrected chi connectivity index (χ2v) is 10.2. The number of hydrogen-bond donors (Lipinski definition) is 1. The van der Waals surface area contributed by atoms with Crippen LogP contribution in [0.1, 0.15) is 28.8 Å². The molecule has 3 rings (SSSR count). The van der Waals surface area contributed by atoms with Gasteiger partial charge in [-0.25, -0.2) is 14.0 Å². The third kappa shape index (κ3) is 6.47. The molecule has 8 nitrogen and oxygen atoms in total. The molecule has 0 saturated carbocycles. The van der Waals surface area contributed by atoms with Crippen LogP contribution < -0.4 is 14.0 Å². The van der Waals surface area contributed by atoms with Crippen LogP contribution in [-0.4, -0.2) is 49.4 Å². The highest BCUT2D eigenvalue weighted by Crippen LogP contribution is 2.52. The average Bonchev–Trinajstić information content (AvgIpc) is 2.87. The SMILES string of the molecule is COc1cc(COP(=O)(Oc2ccc(C(=O)O)cc2)N(C)CCCCCl)c(OC)c2ccccc12. The van der Waals surface area contributed by atoms with E-state index in [4.69, 9.17) is 35.2 Å². The summed E-state index contributed by atoms with van der Waals surface area (Å²) in [6.07, 6.45) is 1.44. The number of nitrogens with zero attached hydrogens (tertiary/aromatic N) is 1. The number of carbonyl (C=O) groups is 1. The standard InChI is InChI=1S/C25H29ClNO7P/c1-27(15-7-6-14-26)35(30,34-20-12-10-18(11-13-20)25(28)29)33-17-19-16-23(31-2)21-8-4-5-9-22(21)24(19)32-3/h4-5,8-13,16H,6-7,14-15,17H2,1-3H3,(H,28,29). The second kappa shape index (κ2) is 12.3. The molecule has 0 aliphatic carbocycles. The number of ether oxygens (including phenoxy) is 2. The molecule has 0 aliphatic rings. The average molecular weight is 522 g/mol. The Bertz CT molecular complexity index is 1200. The van der Waals surface area contributed by atoms with E-state index >= 15 is 0 Å². The van der Waals surface area contributed by atoms with Crippen molar-refractivity contribution in [3.8, 4) is 17.2 Å². The van der Waals surface area contributed by atoms with Gasteiger partial charge in [-0.1, -0.05) is 24.3 Å². The molecule has 1 N–H and O–H groups in total. The van der Waals surface area contributed by atoms with E-state index in [2.05, 4.69) is 0 Å². The highest BCUT2D eigenvalue weighted by molar-refractivity contribution is 7.51. The van der Waals surface area contributed by atoms with Crippen molar-refractivity contribution in [3.63, 3.8) is 0 Å². The number of rotatable bonds is 13. The van der Waals surface area contributed by atoms with Crippen LogP contribution >= 0.6 is 19.3 Å². The number of hydrogen-bond acceptors (Lipinski definition) is 6. The zero-order valence-electron chi connectivity index (χ0n) is 19.9. The monoisotopic (exact) mass is 521 g/mol. The largest absolute Gasteiger partial charge is 0.496 e. The molecule has 0 spiro atoms. The van der Waals surface area contributed by atoms with Gasteiger partial charge in [-0.05, 0) is 50.2 Å². The van der Waals surface area contributed by atoms with E-state index in [0.29, 0.717) is 35.9 Å². The molecule has 10 heteroatoms. The molecular weight excluding hydrogens is 493 g/mol. The first-order chi connectivity index (χ1) is 16.8. The maximum absolute atomic E-state index is 13.9. The van der Waals surface area contributed by atoms with Crippen LogP contribution in [0.15, 0.2) is 54.6 Å². The van der Waals surface area contributed by atoms with Crippen molar-refractivity contribution in [2.45, 2.75) is 19.4 Å². The first kappa shape index (κ1) is 26.8. The second-order valence-electron chi connectivity index (χ2n) is 7.76. The van der Waals surface area contributed by atoms with Gasteiger partial charge in [0.05, 0.1) is 26.4 Å². The molecule has 0 bridgehead atoms. The quantitative estimate of drug-likeness (QED) is 0.161. The number of fused-ring (bicyclic) bond motifs is 1. The summed E-state index contributed by atoms with van der Waals surface area (Å²) in [4.78, 5) is 11.2. The Labute approximate surface area is 209 Å². The maximum atomic E-state index is 13.9. The number of aromatic carboxylic acids is 1. The minimum absolute atomic E-state index is 0.0747. The first-order valence-electron chi connectivity index (χ1n) is 11.0. The zero-order valence-corrected chi connectivity index (χ0v) is 21.6. The Kier molecular flexibility index (Phi) is 9.40. The molecule has 0 aromatic heterocycles. The number of unbranched alkanes of at least 4 members (excludes halogenated alkanes) is 1. The fourth-order valence-electron chi connectivity index (χ4n) is 3.58. The minimum Gasteiger partial charge on any atom is -0.496 e. The smallest absolute Gasteiger partial charge is 0.461 e. The number of carboxylic acid groups (broad SMARTS) is 1. The molecule has 0 aliphatic heterocycles. The first-order valence-corrected chi connectivity index (χ1v) is 13.0. The van der Waals surface area contributed by atoms with Crippen molar-refractivity contribution in [3.05, 3.63) is 65.7 Å². The van der Waals surface area contributed by atoms with Crippen LogP contribution in [0, 0.1) is 0 Å². The third-order valence-corrected chi connectivity index (χ3v) is 7.65. The van der Waals surface area contributed by atoms with Crippen LogP contribution in [0.2, 0.25) is 0 Å². The summed E-state index contributed by atoms with van der Waals surface area (Å²) in [7, 11) is 0.954. The van der Waals surface area contributed by atoms with Crippen molar-refractivity contribution in [1.29, 1.82) is 0 Å². The number of carboxylic acids is 1. The summed E-state index contributed by atoms with van der Waals surface area (Å²) in [6, 6.07) is 15.1. The molecule has 0 radical (unpaired) electrons. The van der Waals surface area contributed by atoms with E-state index in [1.165, 1.54) is 28.9 Å². The molecule has 35 heavy (non-hydrogen) atoms. The molecule has 1 atom stereocenters. The number of methoxy groups -OCH3 is 2. The van der Waals surface area contributed by atoms with Crippen molar-refractivity contribution >= 4 is 36.1 Å². The lowest BCUT2D eigenvalue weighted by atomic mass is 10.0. The number of halogens is 1. The van der Waals surface area contributed by atoms with E-state index in [1.54, 1.807) is 27.3 Å². The van der Waals surface area contributed by atoms with Gasteiger partial charge in [-0.15, -0.1) is 11.6 Å². The maximum Gasteiger partial charge on any atom is 0.461 e. The van der Waals surface area contributed by atoms with E-state index in [-0.39, 0.29) is 17.9 Å². The fraction of sp³-hybridized carbons (Fsp3) is 0.320. The molecular formula is C25H29ClNO7P. The predicted molar refractivity (Wildman–Crippen MR) is 136 cm³/mol. The Morgan fingerprint density at radius 3 is 2.31 bits per heavy atom. The van der Waals surface area contributed by atoms with Gasteiger partial charge in [-0.2, -0.15) is 0 Å². The highest BCUT2D eigenvalue weighted by atomic mass is 35.5. The van der Waals surface area contributed by atoms with E-state index in [0.717, 1.165) is 17.2 Å². The highest BCUT2D eigenvalue weighted by Gasteiger charge is 2.33. The lowest BCUT2D eigenvalue weighted by molar-refractivity contribution is 0.0697. The van der Waals surface area contributed by atoms with Gasteiger partial charge in [0, 0.05) is 28.8 Å². The Morgan fingerprint density at radius 2 is 1.71 bits per heavy atom. The molecule has 0 heterocycles. The predicted octanol–water partition coefficient (Wildman–Crippen LogP) is 6.21. The topological polar surface area (TPSA) is 94.5 Å². The summed E-state index contributed by atoms with van der Waals surface area (Å²) < 4.78 is 38.5. The van der Waals surface area contributed by atoms with Gasteiger partial charge in [0.25, 0.3) is 0 Å². The number of alkyl halides is 1. The third-order valence-electron chi connectivity index (χ3n) is 5.45. The molecule has 3 aromatic carbocycles. The normalized spacial score (nSPS) is 12.9. The lowest BCUT2D eigenvalue weighted by Crippen LogP contribution is -2.21. The van der Waals surface area contributed by atoms with E-state index in [1.807, 2.05) is 24.3 Å². The molecule has 3 aromatic rings. The summed E-state index contributed by atoms with van der Waals surface area (Å²) in [6.45, 7) is 0.351. The van der Waals surface area contributed by atoms with Crippen molar-refractivity contribution < 1.29 is 33.0 Å². The van der Waals surface area contributed by atoms with E-state index < -0.39 is 13.7 Å². The summed E-state index contributed by atoms with van der Waals surface area (Å²) >= 11 is 5.80. The molecule has 0 fully saturated rings. The van der Waals surface area contributed by atoms with Gasteiger partial charge in [0.15, 0.2) is 0 Å². The van der Waals surface area contributed by atoms with Gasteiger partial charge in [0.2, 0.25) is 0 Å². The van der Waals surface area contributed by atoms with Crippen LogP contribution in [0.3, 0.4) is 0 Å². The van der Waals surface area contributed by atoms with Gasteiger partial charge >= 0.3 is 13.7 Å². The van der Waals surface area contributed by atoms with Gasteiger partial charge < -0.3 is 19.1 Å². The Balaban J connectivity index is 1.92. The summed E-state index contributed by atoms with van der Waals surface area (Å²) in [5, 5.41) is 10.9. The van der Waals surface area contributed by atoms with Crippen molar-refractivity contribution in [1.82, 2.24) is 4.67 Å². The van der Waals surface area contributed by atoms with Crippen molar-refractivity contribution in [2.75, 3.05) is 33.7 Å². The van der Waals surface area contributed by atoms with Crippen LogP contribution in [0.25, 0.3) is 10.8 Å².